The van der Waals surface area contributed by atoms with E-state index in [1.54, 1.807) is 30.5 Å². The Kier molecular flexibility index (Phi) is 8.00. The average molecular weight is 529 g/mol. The first-order valence-electron chi connectivity index (χ1n) is 12.7. The van der Waals surface area contributed by atoms with Gasteiger partial charge in [-0.05, 0) is 47.4 Å². The fourth-order valence-electron chi connectivity index (χ4n) is 4.55. The van der Waals surface area contributed by atoms with Crippen LogP contribution in [0.5, 0.6) is 0 Å². The molecular formula is C30H29FN4O2S. The molecule has 1 aliphatic rings. The highest BCUT2D eigenvalue weighted by molar-refractivity contribution is 7.82. The molecule has 0 aliphatic carbocycles. The maximum Gasteiger partial charge on any atom is 0.270 e. The predicted octanol–water partition coefficient (Wildman–Crippen LogP) is 5.66. The lowest BCUT2D eigenvalue weighted by Gasteiger charge is -2.14. The quantitative estimate of drug-likeness (QED) is 0.304. The molecule has 2 aromatic heterocycles. The van der Waals surface area contributed by atoms with Crippen LogP contribution in [0.25, 0.3) is 22.4 Å². The van der Waals surface area contributed by atoms with Gasteiger partial charge < -0.3 is 5.32 Å². The summed E-state index contributed by atoms with van der Waals surface area (Å²) < 4.78 is 29.0. The smallest absolute Gasteiger partial charge is 0.270 e. The molecule has 0 saturated heterocycles. The van der Waals surface area contributed by atoms with E-state index in [1.807, 2.05) is 46.9 Å². The lowest BCUT2D eigenvalue weighted by molar-refractivity contribution is 0.0945. The van der Waals surface area contributed by atoms with Crippen molar-refractivity contribution in [1.29, 1.82) is 0 Å². The number of amides is 1. The highest BCUT2D eigenvalue weighted by Gasteiger charge is 2.28. The number of hydrogen-bond donors (Lipinski definition) is 1. The molecule has 8 heteroatoms. The van der Waals surface area contributed by atoms with Gasteiger partial charge in [0, 0.05) is 54.5 Å². The third-order valence-electron chi connectivity index (χ3n) is 6.62. The molecule has 0 radical (unpaired) electrons. The molecule has 2 aromatic carbocycles. The second kappa shape index (κ2) is 11.8. The summed E-state index contributed by atoms with van der Waals surface area (Å²) in [7, 11) is -1.11. The Hall–Kier alpha value is -3.75. The Morgan fingerprint density at radius 2 is 1.84 bits per heavy atom. The second-order valence-electron chi connectivity index (χ2n) is 9.27. The number of carbonyl (C=O) groups is 1. The number of pyridine rings is 2. The molecule has 1 amide bonds. The van der Waals surface area contributed by atoms with Gasteiger partial charge in [-0.3, -0.25) is 9.78 Å². The summed E-state index contributed by atoms with van der Waals surface area (Å²) in [5.74, 6) is -0.140. The van der Waals surface area contributed by atoms with E-state index in [9.17, 15) is 13.4 Å². The van der Waals surface area contributed by atoms with Gasteiger partial charge >= 0.3 is 0 Å². The molecule has 0 bridgehead atoms. The number of carbonyl (C=O) groups excluding carboxylic acids is 1. The molecule has 0 spiro atoms. The van der Waals surface area contributed by atoms with E-state index in [1.165, 1.54) is 6.07 Å². The fourth-order valence-corrected chi connectivity index (χ4v) is 5.90. The van der Waals surface area contributed by atoms with Crippen LogP contribution in [0.2, 0.25) is 0 Å². The van der Waals surface area contributed by atoms with Crippen LogP contribution in [0.1, 0.15) is 46.9 Å². The molecule has 194 valence electrons. The molecule has 1 unspecified atom stereocenters. The number of fused-ring (bicyclic) bond motifs is 1. The Balaban J connectivity index is 1.50. The first-order chi connectivity index (χ1) is 18.5. The van der Waals surface area contributed by atoms with Crippen LogP contribution in [-0.4, -0.2) is 30.1 Å². The van der Waals surface area contributed by atoms with E-state index < -0.39 is 11.0 Å². The average Bonchev–Trinajstić information content (AvgIpc) is 3.40. The summed E-state index contributed by atoms with van der Waals surface area (Å²) in [5, 5.41) is 2.80. The molecule has 38 heavy (non-hydrogen) atoms. The van der Waals surface area contributed by atoms with Crippen LogP contribution in [0.4, 0.5) is 4.39 Å². The normalized spacial score (nSPS) is 13.7. The minimum absolute atomic E-state index is 0.0588. The number of aromatic nitrogens is 2. The summed E-state index contributed by atoms with van der Waals surface area (Å²) in [6.45, 7) is 3.13. The standard InChI is InChI=1S/C30H29FN4O2S/c1-2-3-14-38(37)35-19-25-16-28(30(36)33-18-24-8-4-5-12-27(24)31)34-29(26(25)20-35)22-10-6-9-21(15-22)23-11-7-13-32-17-23/h4-13,15-17H,2-3,14,18-20H2,1H3,(H,33,36). The number of benzene rings is 2. The highest BCUT2D eigenvalue weighted by atomic mass is 32.2. The van der Waals surface area contributed by atoms with Crippen molar-refractivity contribution in [3.63, 3.8) is 0 Å². The third-order valence-corrected chi connectivity index (χ3v) is 8.09. The van der Waals surface area contributed by atoms with Crippen LogP contribution >= 0.6 is 0 Å². The van der Waals surface area contributed by atoms with E-state index in [4.69, 9.17) is 4.98 Å². The van der Waals surface area contributed by atoms with Crippen molar-refractivity contribution in [3.05, 3.63) is 107 Å². The number of unbranched alkanes of at least 4 members (excludes halogenated alkanes) is 1. The van der Waals surface area contributed by atoms with Crippen LogP contribution in [0.3, 0.4) is 0 Å². The summed E-state index contributed by atoms with van der Waals surface area (Å²) in [6.07, 6.45) is 5.41. The number of hydrogen-bond acceptors (Lipinski definition) is 4. The molecule has 5 rings (SSSR count). The van der Waals surface area contributed by atoms with Gasteiger partial charge in [-0.1, -0.05) is 55.8 Å². The maximum atomic E-state index is 14.1. The monoisotopic (exact) mass is 528 g/mol. The molecule has 0 saturated carbocycles. The zero-order valence-corrected chi connectivity index (χ0v) is 22.0. The number of rotatable bonds is 9. The SMILES string of the molecule is CCCCS(=O)N1Cc2cc(C(=O)NCc3ccccc3F)nc(-c3cccc(-c4cccnc4)c3)c2C1. The zero-order chi connectivity index (χ0) is 26.5. The van der Waals surface area contributed by atoms with Gasteiger partial charge in [-0.25, -0.2) is 17.9 Å². The molecule has 1 N–H and O–H groups in total. The molecule has 0 fully saturated rings. The molecule has 6 nitrogen and oxygen atoms in total. The van der Waals surface area contributed by atoms with Crippen LogP contribution in [-0.2, 0) is 30.6 Å². The molecule has 1 aliphatic heterocycles. The Bertz CT molecular complexity index is 1480. The van der Waals surface area contributed by atoms with Crippen molar-refractivity contribution >= 4 is 16.9 Å². The second-order valence-corrected chi connectivity index (χ2v) is 10.8. The lowest BCUT2D eigenvalue weighted by Crippen LogP contribution is -2.24. The van der Waals surface area contributed by atoms with Crippen LogP contribution in [0, 0.1) is 5.82 Å². The minimum Gasteiger partial charge on any atom is -0.347 e. The molecule has 1 atom stereocenters. The van der Waals surface area contributed by atoms with E-state index in [-0.39, 0.29) is 24.0 Å². The fraction of sp³-hybridized carbons (Fsp3) is 0.233. The molecule has 4 aromatic rings. The van der Waals surface area contributed by atoms with E-state index >= 15 is 0 Å². The Labute approximate surface area is 224 Å². The Morgan fingerprint density at radius 3 is 2.63 bits per heavy atom. The van der Waals surface area contributed by atoms with Crippen molar-refractivity contribution in [1.82, 2.24) is 19.6 Å². The van der Waals surface area contributed by atoms with Gasteiger partial charge in [-0.2, -0.15) is 0 Å². The van der Waals surface area contributed by atoms with E-state index in [0.717, 1.165) is 40.7 Å². The molecular weight excluding hydrogens is 499 g/mol. The van der Waals surface area contributed by atoms with Gasteiger partial charge in [0.05, 0.1) is 16.7 Å². The summed E-state index contributed by atoms with van der Waals surface area (Å²) in [5.41, 5.74) is 6.10. The van der Waals surface area contributed by atoms with Crippen molar-refractivity contribution in [2.24, 2.45) is 0 Å². The summed E-state index contributed by atoms with van der Waals surface area (Å²) >= 11 is 0. The van der Waals surface area contributed by atoms with E-state index in [0.29, 0.717) is 30.1 Å². The Morgan fingerprint density at radius 1 is 1.03 bits per heavy atom. The molecule has 3 heterocycles. The largest absolute Gasteiger partial charge is 0.347 e. The summed E-state index contributed by atoms with van der Waals surface area (Å²) in [4.78, 5) is 22.2. The zero-order valence-electron chi connectivity index (χ0n) is 21.2. The lowest BCUT2D eigenvalue weighted by atomic mass is 9.98. The van der Waals surface area contributed by atoms with Crippen molar-refractivity contribution in [2.45, 2.75) is 39.4 Å². The predicted molar refractivity (Wildman–Crippen MR) is 148 cm³/mol. The van der Waals surface area contributed by atoms with Crippen molar-refractivity contribution in [3.8, 4) is 22.4 Å². The number of nitrogens with one attached hydrogen (secondary N) is 1. The first kappa shape index (κ1) is 25.9. The highest BCUT2D eigenvalue weighted by Crippen LogP contribution is 2.34. The van der Waals surface area contributed by atoms with E-state index in [2.05, 4.69) is 17.2 Å². The van der Waals surface area contributed by atoms with Crippen LogP contribution in [0.15, 0.2) is 79.1 Å². The van der Waals surface area contributed by atoms with Gasteiger partial charge in [0.2, 0.25) is 0 Å². The minimum atomic E-state index is -1.11. The third kappa shape index (κ3) is 5.71. The van der Waals surface area contributed by atoms with Gasteiger partial charge in [-0.15, -0.1) is 0 Å². The summed E-state index contributed by atoms with van der Waals surface area (Å²) in [6, 6.07) is 20.0. The van der Waals surface area contributed by atoms with Gasteiger partial charge in [0.1, 0.15) is 11.5 Å². The maximum absolute atomic E-state index is 14.1. The van der Waals surface area contributed by atoms with Crippen molar-refractivity contribution < 1.29 is 13.4 Å². The van der Waals surface area contributed by atoms with Gasteiger partial charge in [0.15, 0.2) is 0 Å². The first-order valence-corrected chi connectivity index (χ1v) is 14.0. The topological polar surface area (TPSA) is 75.2 Å². The van der Waals surface area contributed by atoms with Crippen molar-refractivity contribution in [2.75, 3.05) is 5.75 Å². The van der Waals surface area contributed by atoms with Gasteiger partial charge in [0.25, 0.3) is 5.91 Å². The van der Waals surface area contributed by atoms with Crippen LogP contribution < -0.4 is 5.32 Å². The number of halogens is 1. The number of nitrogens with zero attached hydrogens (tertiary/aromatic N) is 3.